The number of ether oxygens (including phenoxy) is 1. The van der Waals surface area contributed by atoms with Crippen molar-refractivity contribution < 1.29 is 31.8 Å². The molecule has 0 amide bonds. The predicted molar refractivity (Wildman–Crippen MR) is 98.0 cm³/mol. The molecule has 1 saturated heterocycles. The molecule has 154 valence electrons. The van der Waals surface area contributed by atoms with Crippen LogP contribution in [0.2, 0.25) is 0 Å². The Morgan fingerprint density at radius 3 is 2.44 bits per heavy atom. The highest BCUT2D eigenvalue weighted by Gasteiger charge is 2.57. The van der Waals surface area contributed by atoms with Gasteiger partial charge in [0, 0.05) is 13.1 Å². The summed E-state index contributed by atoms with van der Waals surface area (Å²) in [5.41, 5.74) is 0.528. The van der Waals surface area contributed by atoms with E-state index >= 15 is 0 Å². The number of hydrogen-bond donors (Lipinski definition) is 2. The number of rotatable bonds is 8. The first-order valence-corrected chi connectivity index (χ1v) is 9.68. The number of methoxy groups -OCH3 is 1. The van der Waals surface area contributed by atoms with Gasteiger partial charge in [0.2, 0.25) is 10.0 Å². The molecule has 11 heteroatoms. The molecule has 1 aliphatic heterocycles. The van der Waals surface area contributed by atoms with E-state index in [4.69, 9.17) is 9.84 Å². The van der Waals surface area contributed by atoms with Crippen molar-refractivity contribution >= 4 is 28.4 Å². The van der Waals surface area contributed by atoms with Crippen LogP contribution < -0.4 is 10.1 Å². The van der Waals surface area contributed by atoms with Gasteiger partial charge in [0.1, 0.15) is 11.8 Å². The number of aliphatic carboxylic acids is 1. The van der Waals surface area contributed by atoms with Crippen molar-refractivity contribution in [3.05, 3.63) is 29.8 Å². The van der Waals surface area contributed by atoms with E-state index < -0.39 is 40.4 Å². The molecule has 0 aromatic heterocycles. The van der Waals surface area contributed by atoms with Crippen molar-refractivity contribution in [3.8, 4) is 5.75 Å². The van der Waals surface area contributed by atoms with Crippen LogP contribution >= 0.6 is 12.4 Å². The molecule has 2 atom stereocenters. The third kappa shape index (κ3) is 5.28. The second-order valence-corrected chi connectivity index (χ2v) is 8.25. The molecule has 7 nitrogen and oxygen atoms in total. The summed E-state index contributed by atoms with van der Waals surface area (Å²) in [6, 6.07) is 3.17. The Balaban J connectivity index is 0.00000364. The van der Waals surface area contributed by atoms with Crippen molar-refractivity contribution in [2.24, 2.45) is 0 Å². The number of carbonyl (C=O) groups is 1. The molecular weight excluding hydrogens is 406 g/mol. The molecule has 0 unspecified atom stereocenters. The molecule has 0 spiro atoms. The zero-order valence-corrected chi connectivity index (χ0v) is 16.5. The molecule has 1 aromatic carbocycles. The van der Waals surface area contributed by atoms with E-state index in [-0.39, 0.29) is 31.2 Å². The highest BCUT2D eigenvalue weighted by molar-refractivity contribution is 7.89. The van der Waals surface area contributed by atoms with Crippen LogP contribution in [0.25, 0.3) is 0 Å². The maximum Gasteiger partial charge on any atom is 0.305 e. The van der Waals surface area contributed by atoms with Crippen LogP contribution in [0.5, 0.6) is 5.75 Å². The summed E-state index contributed by atoms with van der Waals surface area (Å²) >= 11 is 0. The largest absolute Gasteiger partial charge is 0.497 e. The monoisotopic (exact) mass is 428 g/mol. The van der Waals surface area contributed by atoms with Crippen LogP contribution in [-0.2, 0) is 21.4 Å². The summed E-state index contributed by atoms with van der Waals surface area (Å²) in [6.07, 6.45) is -0.786. The molecule has 1 heterocycles. The van der Waals surface area contributed by atoms with Crippen LogP contribution in [0.4, 0.5) is 8.78 Å². The second kappa shape index (κ2) is 9.13. The number of nitrogens with one attached hydrogen (secondary N) is 1. The molecular formula is C16H23ClF2N2O5S. The lowest BCUT2D eigenvalue weighted by molar-refractivity contribution is -0.140. The van der Waals surface area contributed by atoms with Gasteiger partial charge < -0.3 is 15.2 Å². The summed E-state index contributed by atoms with van der Waals surface area (Å²) in [5, 5.41) is 11.3. The number of benzene rings is 1. The molecule has 1 aromatic rings. The van der Waals surface area contributed by atoms with Crippen molar-refractivity contribution in [1.82, 2.24) is 9.62 Å². The Kier molecular flexibility index (Phi) is 7.97. The minimum absolute atomic E-state index is 0. The van der Waals surface area contributed by atoms with Gasteiger partial charge in [-0.3, -0.25) is 4.79 Å². The maximum absolute atomic E-state index is 14.7. The molecule has 2 rings (SSSR count). The SMILES string of the molecule is CCS(=O)(=O)N(Cc1ccc(OC)cc1)[C@@H]1CN[C@H](CC(=O)O)C1(F)F.Cl. The highest BCUT2D eigenvalue weighted by atomic mass is 35.5. The molecule has 27 heavy (non-hydrogen) atoms. The number of halogens is 3. The van der Waals surface area contributed by atoms with Crippen molar-refractivity contribution in [3.63, 3.8) is 0 Å². The van der Waals surface area contributed by atoms with Gasteiger partial charge in [-0.2, -0.15) is 4.31 Å². The van der Waals surface area contributed by atoms with Gasteiger partial charge in [-0.1, -0.05) is 12.1 Å². The number of alkyl halides is 2. The van der Waals surface area contributed by atoms with Gasteiger partial charge in [0.25, 0.3) is 5.92 Å². The quantitative estimate of drug-likeness (QED) is 0.654. The fraction of sp³-hybridized carbons (Fsp3) is 0.562. The third-order valence-corrected chi connectivity index (χ3v) is 6.24. The number of carboxylic acids is 1. The third-order valence-electron chi connectivity index (χ3n) is 4.41. The van der Waals surface area contributed by atoms with Gasteiger partial charge in [0.15, 0.2) is 0 Å². The summed E-state index contributed by atoms with van der Waals surface area (Å²) in [4.78, 5) is 10.8. The Labute approximate surface area is 163 Å². The zero-order chi connectivity index (χ0) is 19.5. The highest BCUT2D eigenvalue weighted by Crippen LogP contribution is 2.35. The lowest BCUT2D eigenvalue weighted by atomic mass is 10.0. The first-order chi connectivity index (χ1) is 12.1. The van der Waals surface area contributed by atoms with Gasteiger partial charge in [0.05, 0.1) is 25.3 Å². The molecule has 1 aliphatic rings. The van der Waals surface area contributed by atoms with Crippen molar-refractivity contribution in [2.75, 3.05) is 19.4 Å². The first kappa shape index (κ1) is 23.5. The minimum atomic E-state index is -3.95. The summed E-state index contributed by atoms with van der Waals surface area (Å²) in [6.45, 7) is 0.827. The predicted octanol–water partition coefficient (Wildman–Crippen LogP) is 1.72. The molecule has 0 radical (unpaired) electrons. The summed E-state index contributed by atoms with van der Waals surface area (Å²) in [5.74, 6) is -4.65. The summed E-state index contributed by atoms with van der Waals surface area (Å²) in [7, 11) is -2.46. The lowest BCUT2D eigenvalue weighted by Crippen LogP contribution is -2.52. The van der Waals surface area contributed by atoms with Crippen LogP contribution in [0.3, 0.4) is 0 Å². The van der Waals surface area contributed by atoms with Gasteiger partial charge >= 0.3 is 5.97 Å². The van der Waals surface area contributed by atoms with Gasteiger partial charge in [-0.05, 0) is 24.6 Å². The molecule has 0 saturated carbocycles. The van der Waals surface area contributed by atoms with Crippen LogP contribution in [0, 0.1) is 0 Å². The molecule has 0 bridgehead atoms. The van der Waals surface area contributed by atoms with Crippen LogP contribution in [-0.4, -0.2) is 61.2 Å². The van der Waals surface area contributed by atoms with E-state index in [1.54, 1.807) is 24.3 Å². The van der Waals surface area contributed by atoms with Crippen molar-refractivity contribution in [2.45, 2.75) is 37.9 Å². The Hall–Kier alpha value is -1.49. The molecule has 1 fully saturated rings. The number of sulfonamides is 1. The van der Waals surface area contributed by atoms with Crippen LogP contribution in [0.1, 0.15) is 18.9 Å². The van der Waals surface area contributed by atoms with E-state index in [0.717, 1.165) is 4.31 Å². The molecule has 0 aliphatic carbocycles. The maximum atomic E-state index is 14.7. The Morgan fingerprint density at radius 1 is 1.37 bits per heavy atom. The van der Waals surface area contributed by atoms with Crippen molar-refractivity contribution in [1.29, 1.82) is 0 Å². The van der Waals surface area contributed by atoms with E-state index in [0.29, 0.717) is 11.3 Å². The lowest BCUT2D eigenvalue weighted by Gasteiger charge is -2.32. The van der Waals surface area contributed by atoms with Gasteiger partial charge in [-0.15, -0.1) is 12.4 Å². The second-order valence-electron chi connectivity index (χ2n) is 6.04. The van der Waals surface area contributed by atoms with E-state index in [1.165, 1.54) is 14.0 Å². The fourth-order valence-corrected chi connectivity index (χ4v) is 4.19. The normalized spacial score (nSPS) is 21.7. The number of carboxylic acid groups (broad SMARTS) is 1. The zero-order valence-electron chi connectivity index (χ0n) is 14.9. The average Bonchev–Trinajstić information content (AvgIpc) is 2.87. The fourth-order valence-electron chi connectivity index (χ4n) is 2.91. The van der Waals surface area contributed by atoms with Crippen LogP contribution in [0.15, 0.2) is 24.3 Å². The Morgan fingerprint density at radius 2 is 1.96 bits per heavy atom. The number of hydrogen-bond acceptors (Lipinski definition) is 5. The average molecular weight is 429 g/mol. The minimum Gasteiger partial charge on any atom is -0.497 e. The van der Waals surface area contributed by atoms with Gasteiger partial charge in [-0.25, -0.2) is 17.2 Å². The molecule has 2 N–H and O–H groups in total. The smallest absolute Gasteiger partial charge is 0.305 e. The Bertz CT molecular complexity index is 746. The topological polar surface area (TPSA) is 95.9 Å². The van der Waals surface area contributed by atoms with E-state index in [9.17, 15) is 22.0 Å². The standard InChI is InChI=1S/C16H22F2N2O5S.ClH/c1-3-26(23,24)20(10-11-4-6-12(25-2)7-5-11)14-9-19-13(8-15(21)22)16(14,17)18;/h4-7,13-14,19H,3,8-10H2,1-2H3,(H,21,22);1H/t13-,14-;/m1./s1. The first-order valence-electron chi connectivity index (χ1n) is 8.07. The summed E-state index contributed by atoms with van der Waals surface area (Å²) < 4.78 is 60.1. The van der Waals surface area contributed by atoms with E-state index in [2.05, 4.69) is 5.32 Å². The van der Waals surface area contributed by atoms with E-state index in [1.807, 2.05) is 0 Å². The number of nitrogens with zero attached hydrogens (tertiary/aromatic N) is 1.